The first kappa shape index (κ1) is 35.5. The number of H-pyrrole nitrogens is 1. The number of carbonyl (C=O) groups is 2. The lowest BCUT2D eigenvalue weighted by Crippen LogP contribution is -2.44. The Kier molecular flexibility index (Phi) is 11.0. The molecule has 2 unspecified atom stereocenters. The minimum Gasteiger partial charge on any atom is -0.329 e. The number of nitrogens with one attached hydrogen (secondary N) is 3. The third-order valence-corrected chi connectivity index (χ3v) is 8.89. The summed E-state index contributed by atoms with van der Waals surface area (Å²) in [4.78, 5) is 36.8. The summed E-state index contributed by atoms with van der Waals surface area (Å²) in [5.74, 6) is -2.73. The number of hydrogen-bond acceptors (Lipinski definition) is 7. The molecule has 3 N–H and O–H groups in total. The summed E-state index contributed by atoms with van der Waals surface area (Å²) in [7, 11) is 1.79. The van der Waals surface area contributed by atoms with E-state index in [1.165, 1.54) is 0 Å². The molecule has 2 amide bonds. The molecular formula is C35H41F2N7O2S. The number of alkyl halides is 2. The molecule has 12 heteroatoms. The van der Waals surface area contributed by atoms with E-state index in [0.29, 0.717) is 39.7 Å². The molecule has 1 aliphatic carbocycles. The maximum absolute atomic E-state index is 13.4. The van der Waals surface area contributed by atoms with Crippen molar-refractivity contribution >= 4 is 41.4 Å². The van der Waals surface area contributed by atoms with E-state index in [1.54, 1.807) is 42.1 Å². The highest BCUT2D eigenvalue weighted by Crippen LogP contribution is 2.37. The Bertz CT molecular complexity index is 1700. The molecule has 4 rings (SSSR count). The van der Waals surface area contributed by atoms with Crippen LogP contribution >= 0.6 is 12.2 Å². The topological polar surface area (TPSA) is 117 Å². The molecule has 0 radical (unpaired) electrons. The lowest BCUT2D eigenvalue weighted by atomic mass is 9.74. The molecule has 0 spiro atoms. The predicted molar refractivity (Wildman–Crippen MR) is 181 cm³/mol. The fourth-order valence-corrected chi connectivity index (χ4v) is 6.03. The third kappa shape index (κ3) is 9.12. The van der Waals surface area contributed by atoms with E-state index >= 15 is 0 Å². The lowest BCUT2D eigenvalue weighted by molar-refractivity contribution is -0.123. The van der Waals surface area contributed by atoms with Crippen LogP contribution in [0.25, 0.3) is 0 Å². The molecular weight excluding hydrogens is 620 g/mol. The van der Waals surface area contributed by atoms with Crippen LogP contribution in [-0.2, 0) is 9.59 Å². The van der Waals surface area contributed by atoms with Crippen molar-refractivity contribution in [2.24, 2.45) is 11.3 Å². The van der Waals surface area contributed by atoms with E-state index in [1.807, 2.05) is 39.0 Å². The van der Waals surface area contributed by atoms with Gasteiger partial charge in [-0.3, -0.25) is 14.5 Å². The van der Waals surface area contributed by atoms with Crippen molar-refractivity contribution in [3.63, 3.8) is 0 Å². The summed E-state index contributed by atoms with van der Waals surface area (Å²) in [6, 6.07) is 11.7. The summed E-state index contributed by atoms with van der Waals surface area (Å²) >= 11 is 5.65. The Labute approximate surface area is 280 Å². The lowest BCUT2D eigenvalue weighted by Gasteiger charge is -2.31. The number of anilines is 3. The summed E-state index contributed by atoms with van der Waals surface area (Å²) in [5.41, 5.74) is 3.26. The predicted octanol–water partition coefficient (Wildman–Crippen LogP) is 6.74. The van der Waals surface area contributed by atoms with Crippen molar-refractivity contribution < 1.29 is 18.4 Å². The van der Waals surface area contributed by atoms with E-state index in [2.05, 4.69) is 45.7 Å². The Morgan fingerprint density at radius 2 is 2.06 bits per heavy atom. The van der Waals surface area contributed by atoms with Crippen LogP contribution < -0.4 is 15.5 Å². The maximum Gasteiger partial charge on any atom is 0.255 e. The molecule has 0 bridgehead atoms. The molecule has 248 valence electrons. The molecule has 2 aliphatic rings. The number of likely N-dealkylation sites (tertiary alicyclic amines) is 1. The van der Waals surface area contributed by atoms with Gasteiger partial charge in [0.1, 0.15) is 4.64 Å². The van der Waals surface area contributed by atoms with Gasteiger partial charge in [0.25, 0.3) is 11.8 Å². The fraction of sp³-hybridized carbons (Fsp3) is 0.457. The molecule has 1 aromatic carbocycles. The van der Waals surface area contributed by atoms with Crippen LogP contribution in [0, 0.1) is 39.4 Å². The van der Waals surface area contributed by atoms with Crippen LogP contribution in [0.2, 0.25) is 0 Å². The summed E-state index contributed by atoms with van der Waals surface area (Å²) in [6.07, 6.45) is 7.45. The standard InChI is InChI=1S/C35H41F2N7O2S/c1-22-10-11-25(17-29(22)34(4,5)21-38)31(46)41-26-8-7-9-27(18-26)43(6)33-39-19-28(32(47)42-33)23(2)16-24(3)40-30(45)20-44-14-12-35(36,37)13-15-44/h8,11,16-19,22-23H,10,12-15,20H2,1-6H3,(H,40,45)(H,41,46)(H,39,42,47)/b24-16+. The average molecular weight is 662 g/mol. The second-order valence-electron chi connectivity index (χ2n) is 12.9. The fourth-order valence-electron chi connectivity index (χ4n) is 5.70. The van der Waals surface area contributed by atoms with Gasteiger partial charge in [0.05, 0.1) is 29.4 Å². The second-order valence-corrected chi connectivity index (χ2v) is 13.3. The van der Waals surface area contributed by atoms with Crippen LogP contribution in [0.3, 0.4) is 0 Å². The van der Waals surface area contributed by atoms with Crippen molar-refractivity contribution in [1.29, 1.82) is 5.26 Å². The summed E-state index contributed by atoms with van der Waals surface area (Å²) < 4.78 is 27.3. The van der Waals surface area contributed by atoms with E-state index in [0.717, 1.165) is 11.1 Å². The zero-order chi connectivity index (χ0) is 34.5. The minimum atomic E-state index is -2.65. The number of amides is 2. The molecule has 47 heavy (non-hydrogen) atoms. The number of allylic oxidation sites excluding steroid dienone is 4. The highest BCUT2D eigenvalue weighted by molar-refractivity contribution is 7.71. The van der Waals surface area contributed by atoms with Gasteiger partial charge >= 0.3 is 0 Å². The van der Waals surface area contributed by atoms with Crippen LogP contribution in [0.5, 0.6) is 0 Å². The number of piperidine rings is 1. The quantitative estimate of drug-likeness (QED) is 0.242. The number of nitrogens with zero attached hydrogens (tertiary/aromatic N) is 4. The smallest absolute Gasteiger partial charge is 0.255 e. The van der Waals surface area contributed by atoms with Gasteiger partial charge in [-0.2, -0.15) is 5.26 Å². The van der Waals surface area contributed by atoms with Crippen molar-refractivity contribution in [2.75, 3.05) is 36.9 Å². The number of aromatic nitrogens is 2. The van der Waals surface area contributed by atoms with Gasteiger partial charge in [-0.15, -0.1) is 0 Å². The molecule has 1 saturated heterocycles. The Morgan fingerprint density at radius 1 is 1.36 bits per heavy atom. The number of halogens is 2. The number of rotatable bonds is 10. The molecule has 1 aliphatic heterocycles. The molecule has 9 nitrogen and oxygen atoms in total. The van der Waals surface area contributed by atoms with Gasteiger partial charge in [0, 0.05) is 68.0 Å². The molecule has 2 aromatic rings. The number of hydrogen-bond donors (Lipinski definition) is 3. The molecule has 1 fully saturated rings. The van der Waals surface area contributed by atoms with Crippen molar-refractivity contribution in [1.82, 2.24) is 20.2 Å². The average Bonchev–Trinajstić information content (AvgIpc) is 3.01. The zero-order valence-electron chi connectivity index (χ0n) is 27.6. The van der Waals surface area contributed by atoms with E-state index in [9.17, 15) is 23.6 Å². The highest BCUT2D eigenvalue weighted by atomic mass is 32.1. The first-order chi connectivity index (χ1) is 22.1. The monoisotopic (exact) mass is 661 g/mol. The van der Waals surface area contributed by atoms with E-state index in [4.69, 9.17) is 12.2 Å². The van der Waals surface area contributed by atoms with Gasteiger partial charge in [0.2, 0.25) is 11.9 Å². The van der Waals surface area contributed by atoms with Crippen molar-refractivity contribution in [3.05, 3.63) is 75.7 Å². The highest BCUT2D eigenvalue weighted by Gasteiger charge is 2.34. The van der Waals surface area contributed by atoms with Gasteiger partial charge in [-0.1, -0.05) is 44.3 Å². The second kappa shape index (κ2) is 14.6. The van der Waals surface area contributed by atoms with E-state index in [-0.39, 0.29) is 56.1 Å². The van der Waals surface area contributed by atoms with Gasteiger partial charge in [0.15, 0.2) is 0 Å². The van der Waals surface area contributed by atoms with Gasteiger partial charge in [-0.25, -0.2) is 13.8 Å². The summed E-state index contributed by atoms with van der Waals surface area (Å²) in [5, 5.41) is 15.4. The van der Waals surface area contributed by atoms with Crippen molar-refractivity contribution in [2.45, 2.75) is 65.7 Å². The summed E-state index contributed by atoms with van der Waals surface area (Å²) in [6.45, 7) is 9.92. The van der Waals surface area contributed by atoms with Crippen LogP contribution in [0.15, 0.2) is 53.4 Å². The van der Waals surface area contributed by atoms with Crippen LogP contribution in [0.4, 0.5) is 26.1 Å². The first-order valence-corrected chi connectivity index (χ1v) is 16.0. The number of carbonyl (C=O) groups excluding carboxylic acids is 2. The van der Waals surface area contributed by atoms with Crippen LogP contribution in [0.1, 0.15) is 65.4 Å². The van der Waals surface area contributed by atoms with Crippen LogP contribution in [-0.4, -0.2) is 59.3 Å². The number of nitriles is 1. The van der Waals surface area contributed by atoms with E-state index < -0.39 is 11.3 Å². The molecule has 2 heterocycles. The first-order valence-electron chi connectivity index (χ1n) is 15.6. The Balaban J connectivity index is 1.39. The Morgan fingerprint density at radius 3 is 2.72 bits per heavy atom. The third-order valence-electron chi connectivity index (χ3n) is 8.55. The number of aromatic amines is 1. The molecule has 0 saturated carbocycles. The molecule has 2 atom stereocenters. The van der Waals surface area contributed by atoms with Crippen molar-refractivity contribution in [3.8, 4) is 6.07 Å². The van der Waals surface area contributed by atoms with Gasteiger partial charge < -0.3 is 20.5 Å². The normalized spacial score (nSPS) is 19.0. The largest absolute Gasteiger partial charge is 0.329 e. The minimum absolute atomic E-state index is 0.0629. The SMILES string of the molecule is C/C(=C\C(C)c1cnc(N(C)c2c#ccc(NC(=O)C3=CCC(C)C(C(C)(C)C#N)=C3)c2)[nH]c1=S)NC(=O)CN1CCC(F)(F)CC1. The Hall–Kier alpha value is -4.39. The maximum atomic E-state index is 13.4. The van der Waals surface area contributed by atoms with Gasteiger partial charge in [-0.05, 0) is 56.9 Å². The molecule has 1 aromatic heterocycles. The zero-order valence-corrected chi connectivity index (χ0v) is 28.4.